The average molecular weight is 500 g/mol. The van der Waals surface area contributed by atoms with Gasteiger partial charge in [0.25, 0.3) is 0 Å². The molecule has 1 unspecified atom stereocenters. The minimum absolute atomic E-state index is 0.224. The number of hydrogen-bond donors (Lipinski definition) is 2. The molecule has 34 heavy (non-hydrogen) atoms. The highest BCUT2D eigenvalue weighted by atomic mass is 35.5. The second kappa shape index (κ2) is 8.28. The number of amides is 1. The van der Waals surface area contributed by atoms with E-state index in [2.05, 4.69) is 32.1 Å². The molecule has 4 aromatic rings. The van der Waals surface area contributed by atoms with Crippen LogP contribution in [0.15, 0.2) is 18.5 Å². The van der Waals surface area contributed by atoms with Gasteiger partial charge < -0.3 is 24.7 Å². The SMILES string of the molecule is CCn1cnc2c(NCc3nc4cc(Cl)c(Cl)cc4[nH]3)nc(N3CCN4C(=O)CCC4C3)nc21. The van der Waals surface area contributed by atoms with E-state index in [1.165, 1.54) is 0 Å². The lowest BCUT2D eigenvalue weighted by molar-refractivity contribution is -0.129. The summed E-state index contributed by atoms with van der Waals surface area (Å²) in [6.45, 7) is 5.37. The first-order valence-corrected chi connectivity index (χ1v) is 12.1. The van der Waals surface area contributed by atoms with Crippen molar-refractivity contribution in [1.82, 2.24) is 34.4 Å². The predicted octanol–water partition coefficient (Wildman–Crippen LogP) is 3.45. The number of anilines is 2. The number of fused-ring (bicyclic) bond motifs is 3. The molecule has 2 aliphatic rings. The van der Waals surface area contributed by atoms with Crippen LogP contribution < -0.4 is 10.2 Å². The first-order chi connectivity index (χ1) is 16.5. The van der Waals surface area contributed by atoms with Crippen LogP contribution in [0.5, 0.6) is 0 Å². The zero-order valence-corrected chi connectivity index (χ0v) is 20.1. The van der Waals surface area contributed by atoms with Crippen molar-refractivity contribution >= 4 is 63.1 Å². The minimum atomic E-state index is 0.224. The number of hydrogen-bond acceptors (Lipinski definition) is 7. The van der Waals surface area contributed by atoms with Crippen LogP contribution in [0.1, 0.15) is 25.6 Å². The lowest BCUT2D eigenvalue weighted by Crippen LogP contribution is -2.52. The number of H-pyrrole nitrogens is 1. The van der Waals surface area contributed by atoms with Crippen LogP contribution in [-0.2, 0) is 17.9 Å². The molecular weight excluding hydrogens is 477 g/mol. The van der Waals surface area contributed by atoms with Crippen LogP contribution in [-0.4, -0.2) is 66.0 Å². The van der Waals surface area contributed by atoms with Crippen molar-refractivity contribution in [3.63, 3.8) is 0 Å². The number of nitrogens with one attached hydrogen (secondary N) is 2. The molecule has 5 heterocycles. The summed E-state index contributed by atoms with van der Waals surface area (Å²) in [5.74, 6) is 2.27. The van der Waals surface area contributed by atoms with Crippen LogP contribution >= 0.6 is 23.2 Å². The molecule has 2 fully saturated rings. The molecule has 2 N–H and O–H groups in total. The molecule has 2 aliphatic heterocycles. The van der Waals surface area contributed by atoms with Gasteiger partial charge in [0.15, 0.2) is 17.0 Å². The molecule has 1 atom stereocenters. The van der Waals surface area contributed by atoms with E-state index in [1.54, 1.807) is 18.5 Å². The van der Waals surface area contributed by atoms with E-state index in [1.807, 2.05) is 9.47 Å². The molecular formula is C22H23Cl2N9O. The third-order valence-electron chi connectivity index (χ3n) is 6.57. The maximum atomic E-state index is 12.1. The number of aryl methyl sites for hydroxylation is 1. The second-order valence-electron chi connectivity index (χ2n) is 8.62. The number of aromatic amines is 1. The average Bonchev–Trinajstić information content (AvgIpc) is 3.54. The van der Waals surface area contributed by atoms with Crippen molar-refractivity contribution in [2.45, 2.75) is 38.9 Å². The van der Waals surface area contributed by atoms with Gasteiger partial charge in [0.2, 0.25) is 11.9 Å². The number of rotatable bonds is 5. The Morgan fingerprint density at radius 3 is 2.88 bits per heavy atom. The van der Waals surface area contributed by atoms with Crippen molar-refractivity contribution in [2.75, 3.05) is 29.9 Å². The molecule has 176 valence electrons. The summed E-state index contributed by atoms with van der Waals surface area (Å²) in [7, 11) is 0. The summed E-state index contributed by atoms with van der Waals surface area (Å²) in [4.78, 5) is 38.4. The molecule has 0 saturated carbocycles. The van der Waals surface area contributed by atoms with E-state index >= 15 is 0 Å². The Labute approximate surface area is 205 Å². The van der Waals surface area contributed by atoms with E-state index in [0.717, 1.165) is 42.0 Å². The van der Waals surface area contributed by atoms with Gasteiger partial charge in [-0.05, 0) is 25.5 Å². The van der Waals surface area contributed by atoms with Gasteiger partial charge in [0.05, 0.1) is 34.0 Å². The highest BCUT2D eigenvalue weighted by molar-refractivity contribution is 6.42. The maximum absolute atomic E-state index is 12.1. The third kappa shape index (κ3) is 3.61. The Morgan fingerprint density at radius 1 is 1.18 bits per heavy atom. The number of halogens is 2. The van der Waals surface area contributed by atoms with Gasteiger partial charge in [-0.15, -0.1) is 0 Å². The zero-order chi connectivity index (χ0) is 23.4. The van der Waals surface area contributed by atoms with Crippen LogP contribution in [0.4, 0.5) is 11.8 Å². The normalized spacial score (nSPS) is 18.3. The molecule has 12 heteroatoms. The Hall–Kier alpha value is -3.11. The zero-order valence-electron chi connectivity index (χ0n) is 18.6. The predicted molar refractivity (Wildman–Crippen MR) is 131 cm³/mol. The molecule has 3 aromatic heterocycles. The van der Waals surface area contributed by atoms with Crippen LogP contribution in [0.25, 0.3) is 22.2 Å². The molecule has 10 nitrogen and oxygen atoms in total. The molecule has 2 saturated heterocycles. The quantitative estimate of drug-likeness (QED) is 0.432. The number of aromatic nitrogens is 6. The van der Waals surface area contributed by atoms with Gasteiger partial charge in [-0.3, -0.25) is 4.79 Å². The van der Waals surface area contributed by atoms with Crippen LogP contribution in [0.2, 0.25) is 10.0 Å². The third-order valence-corrected chi connectivity index (χ3v) is 7.29. The monoisotopic (exact) mass is 499 g/mol. The number of carbonyl (C=O) groups is 1. The van der Waals surface area contributed by atoms with Gasteiger partial charge in [0, 0.05) is 38.6 Å². The highest BCUT2D eigenvalue weighted by Crippen LogP contribution is 2.29. The summed E-state index contributed by atoms with van der Waals surface area (Å²) in [5.41, 5.74) is 3.06. The summed E-state index contributed by atoms with van der Waals surface area (Å²) >= 11 is 12.3. The van der Waals surface area contributed by atoms with Crippen LogP contribution in [0, 0.1) is 0 Å². The molecule has 0 bridgehead atoms. The largest absolute Gasteiger partial charge is 0.361 e. The van der Waals surface area contributed by atoms with E-state index < -0.39 is 0 Å². The topological polar surface area (TPSA) is 108 Å². The summed E-state index contributed by atoms with van der Waals surface area (Å²) in [6.07, 6.45) is 3.30. The molecule has 6 rings (SSSR count). The second-order valence-corrected chi connectivity index (χ2v) is 9.44. The smallest absolute Gasteiger partial charge is 0.229 e. The van der Waals surface area contributed by atoms with Crippen molar-refractivity contribution < 1.29 is 4.79 Å². The fourth-order valence-corrected chi connectivity index (χ4v) is 5.11. The van der Waals surface area contributed by atoms with Crippen molar-refractivity contribution in [2.24, 2.45) is 0 Å². The Kier molecular flexibility index (Phi) is 5.22. The van der Waals surface area contributed by atoms with E-state index in [9.17, 15) is 4.79 Å². The number of benzene rings is 1. The standard InChI is InChI=1S/C22H23Cl2N9O/c1-2-31-11-26-19-20(25-9-17-27-15-7-13(23)14(24)8-16(15)28-17)29-22(30-21(19)31)32-5-6-33-12(10-32)3-4-18(33)34/h7-8,11-12H,2-6,9-10H2,1H3,(H,27,28)(H,25,29,30). The van der Waals surface area contributed by atoms with Gasteiger partial charge in [-0.1, -0.05) is 23.2 Å². The van der Waals surface area contributed by atoms with E-state index in [-0.39, 0.29) is 11.9 Å². The Bertz CT molecular complexity index is 1380. The first-order valence-electron chi connectivity index (χ1n) is 11.3. The van der Waals surface area contributed by atoms with Gasteiger partial charge in [0.1, 0.15) is 5.82 Å². The fraction of sp³-hybridized carbons (Fsp3) is 0.409. The van der Waals surface area contributed by atoms with Crippen LogP contribution in [0.3, 0.4) is 0 Å². The summed E-state index contributed by atoms with van der Waals surface area (Å²) in [5, 5.41) is 4.34. The van der Waals surface area contributed by atoms with Crippen molar-refractivity contribution in [1.29, 1.82) is 0 Å². The Morgan fingerprint density at radius 2 is 2.03 bits per heavy atom. The van der Waals surface area contributed by atoms with Crippen molar-refractivity contribution in [3.05, 3.63) is 34.3 Å². The maximum Gasteiger partial charge on any atom is 0.229 e. The van der Waals surface area contributed by atoms with E-state index in [4.69, 9.17) is 33.2 Å². The number of nitrogens with zero attached hydrogens (tertiary/aromatic N) is 7. The number of piperazine rings is 1. The van der Waals surface area contributed by atoms with Gasteiger partial charge in [-0.2, -0.15) is 9.97 Å². The minimum Gasteiger partial charge on any atom is -0.361 e. The fourth-order valence-electron chi connectivity index (χ4n) is 4.78. The lowest BCUT2D eigenvalue weighted by Gasteiger charge is -2.37. The van der Waals surface area contributed by atoms with Gasteiger partial charge in [-0.25, -0.2) is 9.97 Å². The highest BCUT2D eigenvalue weighted by Gasteiger charge is 2.36. The van der Waals surface area contributed by atoms with E-state index in [0.29, 0.717) is 53.4 Å². The molecule has 0 spiro atoms. The van der Waals surface area contributed by atoms with Crippen molar-refractivity contribution in [3.8, 4) is 0 Å². The molecule has 1 amide bonds. The number of imidazole rings is 2. The first kappa shape index (κ1) is 21.4. The molecule has 0 aliphatic carbocycles. The molecule has 1 aromatic carbocycles. The Balaban J connectivity index is 1.31. The lowest BCUT2D eigenvalue weighted by atomic mass is 10.2. The summed E-state index contributed by atoms with van der Waals surface area (Å²) in [6, 6.07) is 3.74. The van der Waals surface area contributed by atoms with Gasteiger partial charge >= 0.3 is 0 Å². The number of carbonyl (C=O) groups excluding carboxylic acids is 1. The molecule has 0 radical (unpaired) electrons. The summed E-state index contributed by atoms with van der Waals surface area (Å²) < 4.78 is 2.01.